The standard InChI is InChI=1S/C13H12FNO/c1-10-2-5-12(6-3-10)16-13-7-4-11(8-14)9-15-13/h2-7,9H,8H2,1H3. The third-order valence-electron chi connectivity index (χ3n) is 2.20. The van der Waals surface area contributed by atoms with Gasteiger partial charge in [-0.15, -0.1) is 0 Å². The number of pyridine rings is 1. The lowest BCUT2D eigenvalue weighted by Gasteiger charge is -2.04. The minimum atomic E-state index is -0.502. The Morgan fingerprint density at radius 2 is 1.88 bits per heavy atom. The Balaban J connectivity index is 2.11. The summed E-state index contributed by atoms with van der Waals surface area (Å²) in [4.78, 5) is 4.01. The zero-order valence-corrected chi connectivity index (χ0v) is 8.98. The van der Waals surface area contributed by atoms with Gasteiger partial charge in [0.15, 0.2) is 0 Å². The summed E-state index contributed by atoms with van der Waals surface area (Å²) in [5.41, 5.74) is 1.73. The molecule has 2 nitrogen and oxygen atoms in total. The van der Waals surface area contributed by atoms with Crippen molar-refractivity contribution in [1.82, 2.24) is 4.98 Å². The summed E-state index contributed by atoms with van der Waals surface area (Å²) in [5, 5.41) is 0. The first-order valence-corrected chi connectivity index (χ1v) is 5.03. The third kappa shape index (κ3) is 2.57. The number of benzene rings is 1. The highest BCUT2D eigenvalue weighted by Crippen LogP contribution is 2.19. The van der Waals surface area contributed by atoms with Gasteiger partial charge in [-0.25, -0.2) is 9.37 Å². The zero-order chi connectivity index (χ0) is 11.4. The van der Waals surface area contributed by atoms with Crippen LogP contribution in [0.25, 0.3) is 0 Å². The molecular weight excluding hydrogens is 205 g/mol. The Kier molecular flexibility index (Phi) is 3.15. The monoisotopic (exact) mass is 217 g/mol. The molecule has 0 amide bonds. The van der Waals surface area contributed by atoms with E-state index in [-0.39, 0.29) is 0 Å². The van der Waals surface area contributed by atoms with Crippen molar-refractivity contribution in [3.8, 4) is 11.6 Å². The maximum Gasteiger partial charge on any atom is 0.219 e. The molecule has 1 aromatic carbocycles. The minimum Gasteiger partial charge on any atom is -0.439 e. The Morgan fingerprint density at radius 1 is 1.12 bits per heavy atom. The van der Waals surface area contributed by atoms with E-state index in [1.807, 2.05) is 31.2 Å². The summed E-state index contributed by atoms with van der Waals surface area (Å²) in [6, 6.07) is 11.0. The lowest BCUT2D eigenvalue weighted by molar-refractivity contribution is 0.457. The van der Waals surface area contributed by atoms with Gasteiger partial charge in [0.05, 0.1) is 0 Å². The first-order valence-electron chi connectivity index (χ1n) is 5.03. The van der Waals surface area contributed by atoms with E-state index in [4.69, 9.17) is 4.74 Å². The van der Waals surface area contributed by atoms with Crippen LogP contribution in [0, 0.1) is 6.92 Å². The SMILES string of the molecule is Cc1ccc(Oc2ccc(CF)cn2)cc1. The highest BCUT2D eigenvalue weighted by atomic mass is 19.1. The predicted octanol–water partition coefficient (Wildman–Crippen LogP) is 3.65. The van der Waals surface area contributed by atoms with Gasteiger partial charge in [0.25, 0.3) is 0 Å². The zero-order valence-electron chi connectivity index (χ0n) is 8.98. The van der Waals surface area contributed by atoms with Gasteiger partial charge in [-0.05, 0) is 25.1 Å². The van der Waals surface area contributed by atoms with Gasteiger partial charge in [-0.2, -0.15) is 0 Å². The van der Waals surface area contributed by atoms with Crippen molar-refractivity contribution < 1.29 is 9.13 Å². The Bertz CT molecular complexity index is 450. The number of aryl methyl sites for hydroxylation is 1. The molecule has 0 aliphatic rings. The molecule has 0 saturated heterocycles. The van der Waals surface area contributed by atoms with Gasteiger partial charge >= 0.3 is 0 Å². The number of nitrogens with zero attached hydrogens (tertiary/aromatic N) is 1. The van der Waals surface area contributed by atoms with Crippen LogP contribution in [-0.2, 0) is 6.67 Å². The highest BCUT2D eigenvalue weighted by Gasteiger charge is 1.98. The highest BCUT2D eigenvalue weighted by molar-refractivity contribution is 5.30. The predicted molar refractivity (Wildman–Crippen MR) is 60.3 cm³/mol. The molecule has 0 saturated carbocycles. The molecule has 0 aliphatic carbocycles. The fourth-order valence-electron chi connectivity index (χ4n) is 1.28. The van der Waals surface area contributed by atoms with Crippen molar-refractivity contribution in [2.24, 2.45) is 0 Å². The maximum atomic E-state index is 12.2. The lowest BCUT2D eigenvalue weighted by Crippen LogP contribution is -1.89. The summed E-state index contributed by atoms with van der Waals surface area (Å²) < 4.78 is 17.7. The molecule has 0 spiro atoms. The van der Waals surface area contributed by atoms with Crippen molar-refractivity contribution in [2.75, 3.05) is 0 Å². The van der Waals surface area contributed by atoms with Crippen molar-refractivity contribution in [3.63, 3.8) is 0 Å². The molecular formula is C13H12FNO. The van der Waals surface area contributed by atoms with E-state index in [0.29, 0.717) is 11.4 Å². The van der Waals surface area contributed by atoms with Crippen LogP contribution in [0.4, 0.5) is 4.39 Å². The molecule has 1 aromatic heterocycles. The third-order valence-corrected chi connectivity index (χ3v) is 2.20. The minimum absolute atomic E-state index is 0.473. The summed E-state index contributed by atoms with van der Waals surface area (Å²) in [6.45, 7) is 1.51. The van der Waals surface area contributed by atoms with Crippen LogP contribution in [0.15, 0.2) is 42.6 Å². The topological polar surface area (TPSA) is 22.1 Å². The molecule has 82 valence electrons. The van der Waals surface area contributed by atoms with Crippen LogP contribution in [0.1, 0.15) is 11.1 Å². The normalized spacial score (nSPS) is 10.1. The van der Waals surface area contributed by atoms with E-state index in [1.54, 1.807) is 12.1 Å². The van der Waals surface area contributed by atoms with Crippen molar-refractivity contribution >= 4 is 0 Å². The average molecular weight is 217 g/mol. The van der Waals surface area contributed by atoms with E-state index >= 15 is 0 Å². The molecule has 2 aromatic rings. The van der Waals surface area contributed by atoms with Crippen LogP contribution in [0.2, 0.25) is 0 Å². The quantitative estimate of drug-likeness (QED) is 0.782. The van der Waals surface area contributed by atoms with Crippen LogP contribution >= 0.6 is 0 Å². The first kappa shape index (κ1) is 10.6. The van der Waals surface area contributed by atoms with Gasteiger partial charge in [0.1, 0.15) is 12.4 Å². The Morgan fingerprint density at radius 3 is 2.44 bits per heavy atom. The number of alkyl halides is 1. The molecule has 2 rings (SSSR count). The summed E-state index contributed by atoms with van der Waals surface area (Å²) in [7, 11) is 0. The lowest BCUT2D eigenvalue weighted by atomic mass is 10.2. The second kappa shape index (κ2) is 4.75. The van der Waals surface area contributed by atoms with Gasteiger partial charge in [-0.3, -0.25) is 0 Å². The van der Waals surface area contributed by atoms with Crippen LogP contribution in [-0.4, -0.2) is 4.98 Å². The van der Waals surface area contributed by atoms with E-state index < -0.39 is 6.67 Å². The maximum absolute atomic E-state index is 12.2. The number of rotatable bonds is 3. The van der Waals surface area contributed by atoms with E-state index in [1.165, 1.54) is 11.8 Å². The molecule has 0 N–H and O–H groups in total. The molecule has 0 aliphatic heterocycles. The number of aromatic nitrogens is 1. The van der Waals surface area contributed by atoms with Gasteiger partial charge in [0.2, 0.25) is 5.88 Å². The molecule has 0 atom stereocenters. The average Bonchev–Trinajstić information content (AvgIpc) is 2.33. The molecule has 1 heterocycles. The summed E-state index contributed by atoms with van der Waals surface area (Å²) >= 11 is 0. The molecule has 0 fully saturated rings. The number of hydrogen-bond donors (Lipinski definition) is 0. The fourth-order valence-corrected chi connectivity index (χ4v) is 1.28. The van der Waals surface area contributed by atoms with Crippen molar-refractivity contribution in [2.45, 2.75) is 13.6 Å². The molecule has 0 radical (unpaired) electrons. The van der Waals surface area contributed by atoms with E-state index in [0.717, 1.165) is 5.75 Å². The van der Waals surface area contributed by atoms with Gasteiger partial charge < -0.3 is 4.74 Å². The van der Waals surface area contributed by atoms with Crippen LogP contribution in [0.3, 0.4) is 0 Å². The molecule has 3 heteroatoms. The number of ether oxygens (including phenoxy) is 1. The summed E-state index contributed by atoms with van der Waals surface area (Å²) in [6.07, 6.45) is 1.48. The largest absolute Gasteiger partial charge is 0.439 e. The smallest absolute Gasteiger partial charge is 0.219 e. The van der Waals surface area contributed by atoms with Crippen LogP contribution < -0.4 is 4.74 Å². The van der Waals surface area contributed by atoms with Crippen molar-refractivity contribution in [1.29, 1.82) is 0 Å². The fraction of sp³-hybridized carbons (Fsp3) is 0.154. The number of halogens is 1. The second-order valence-electron chi connectivity index (χ2n) is 3.55. The summed E-state index contributed by atoms with van der Waals surface area (Å²) in [5.74, 6) is 1.20. The van der Waals surface area contributed by atoms with Gasteiger partial charge in [-0.1, -0.05) is 17.7 Å². The second-order valence-corrected chi connectivity index (χ2v) is 3.55. The van der Waals surface area contributed by atoms with Gasteiger partial charge in [0, 0.05) is 17.8 Å². The Hall–Kier alpha value is -1.90. The molecule has 16 heavy (non-hydrogen) atoms. The molecule has 0 unspecified atom stereocenters. The van der Waals surface area contributed by atoms with Crippen molar-refractivity contribution in [3.05, 3.63) is 53.7 Å². The molecule has 0 bridgehead atoms. The van der Waals surface area contributed by atoms with E-state index in [2.05, 4.69) is 4.98 Å². The van der Waals surface area contributed by atoms with Crippen LogP contribution in [0.5, 0.6) is 11.6 Å². The first-order chi connectivity index (χ1) is 7.78. The number of hydrogen-bond acceptors (Lipinski definition) is 2. The Labute approximate surface area is 93.7 Å². The van der Waals surface area contributed by atoms with E-state index in [9.17, 15) is 4.39 Å².